The molecule has 10 heteroatoms. The fourth-order valence-corrected chi connectivity index (χ4v) is 6.02. The number of carbonyl (C=O) groups is 2. The van der Waals surface area contributed by atoms with E-state index in [1.54, 1.807) is 57.2 Å². The first-order valence-electron chi connectivity index (χ1n) is 12.5. The summed E-state index contributed by atoms with van der Waals surface area (Å²) < 4.78 is 29.0. The van der Waals surface area contributed by atoms with E-state index in [9.17, 15) is 18.0 Å². The number of rotatable bonds is 10. The molecule has 0 fully saturated rings. The molecule has 0 aromatic heterocycles. The van der Waals surface area contributed by atoms with Crippen molar-refractivity contribution < 1.29 is 18.0 Å². The van der Waals surface area contributed by atoms with E-state index in [4.69, 9.17) is 23.2 Å². The first-order chi connectivity index (χ1) is 18.3. The monoisotopic (exact) mass is 589 g/mol. The van der Waals surface area contributed by atoms with Gasteiger partial charge in [0, 0.05) is 23.1 Å². The Labute approximate surface area is 240 Å². The minimum atomic E-state index is -4.14. The van der Waals surface area contributed by atoms with Crippen molar-refractivity contribution in [2.45, 2.75) is 52.1 Å². The van der Waals surface area contributed by atoms with Gasteiger partial charge in [-0.2, -0.15) is 0 Å². The molecule has 0 bridgehead atoms. The van der Waals surface area contributed by atoms with Crippen molar-refractivity contribution in [3.63, 3.8) is 0 Å². The predicted molar refractivity (Wildman–Crippen MR) is 157 cm³/mol. The normalized spacial score (nSPS) is 12.1. The number of sulfonamides is 1. The lowest BCUT2D eigenvalue weighted by atomic mass is 10.1. The SMILES string of the molecule is CCNC(=O)[C@@H](C)N(Cc1ccc(Cl)cc1Cl)C(=O)CN(c1cc(C)ccc1C)S(=O)(=O)c1ccc(C)cc1. The molecule has 0 heterocycles. The van der Waals surface area contributed by atoms with E-state index in [2.05, 4.69) is 5.32 Å². The van der Waals surface area contributed by atoms with Crippen LogP contribution in [-0.4, -0.2) is 44.3 Å². The third-order valence-corrected chi connectivity index (χ3v) is 8.76. The Balaban J connectivity index is 2.09. The number of amides is 2. The number of benzene rings is 3. The minimum absolute atomic E-state index is 0.0155. The van der Waals surface area contributed by atoms with Gasteiger partial charge >= 0.3 is 0 Å². The molecule has 0 radical (unpaired) electrons. The first kappa shape index (κ1) is 30.5. The van der Waals surface area contributed by atoms with E-state index in [0.717, 1.165) is 15.4 Å². The molecule has 208 valence electrons. The van der Waals surface area contributed by atoms with E-state index in [1.807, 2.05) is 26.0 Å². The summed E-state index contributed by atoms with van der Waals surface area (Å²) >= 11 is 12.4. The molecule has 2 amide bonds. The molecule has 3 aromatic carbocycles. The molecular formula is C29H33Cl2N3O4S. The molecule has 1 atom stereocenters. The summed E-state index contributed by atoms with van der Waals surface area (Å²) in [7, 11) is -4.14. The number of nitrogens with one attached hydrogen (secondary N) is 1. The highest BCUT2D eigenvalue weighted by Gasteiger charge is 2.33. The van der Waals surface area contributed by atoms with Crippen LogP contribution in [0.3, 0.4) is 0 Å². The second-order valence-electron chi connectivity index (χ2n) is 9.44. The first-order valence-corrected chi connectivity index (χ1v) is 14.7. The second-order valence-corrected chi connectivity index (χ2v) is 12.1. The number of aryl methyl sites for hydroxylation is 3. The largest absolute Gasteiger partial charge is 0.355 e. The number of likely N-dealkylation sites (N-methyl/N-ethyl adjacent to an activating group) is 1. The number of nitrogens with zero attached hydrogens (tertiary/aromatic N) is 2. The molecule has 0 aliphatic carbocycles. The Hall–Kier alpha value is -3.07. The third kappa shape index (κ3) is 7.32. The molecule has 0 saturated carbocycles. The van der Waals surface area contributed by atoms with Crippen molar-refractivity contribution in [3.8, 4) is 0 Å². The molecule has 0 saturated heterocycles. The van der Waals surface area contributed by atoms with Gasteiger partial charge in [0.2, 0.25) is 11.8 Å². The van der Waals surface area contributed by atoms with Crippen LogP contribution < -0.4 is 9.62 Å². The van der Waals surface area contributed by atoms with Gasteiger partial charge in [-0.15, -0.1) is 0 Å². The Morgan fingerprint density at radius 2 is 1.56 bits per heavy atom. The maximum Gasteiger partial charge on any atom is 0.264 e. The lowest BCUT2D eigenvalue weighted by molar-refractivity contribution is -0.139. The Bertz CT molecular complexity index is 1460. The number of hydrogen-bond acceptors (Lipinski definition) is 4. The van der Waals surface area contributed by atoms with Crippen LogP contribution in [0.15, 0.2) is 65.6 Å². The summed E-state index contributed by atoms with van der Waals surface area (Å²) in [4.78, 5) is 28.2. The van der Waals surface area contributed by atoms with Crippen molar-refractivity contribution in [2.24, 2.45) is 0 Å². The molecule has 3 rings (SSSR count). The van der Waals surface area contributed by atoms with Gasteiger partial charge in [-0.3, -0.25) is 13.9 Å². The van der Waals surface area contributed by atoms with Crippen LogP contribution in [0.5, 0.6) is 0 Å². The van der Waals surface area contributed by atoms with Gasteiger partial charge < -0.3 is 10.2 Å². The maximum atomic E-state index is 14.0. The highest BCUT2D eigenvalue weighted by Crippen LogP contribution is 2.29. The topological polar surface area (TPSA) is 86.8 Å². The zero-order chi connectivity index (χ0) is 28.9. The van der Waals surface area contributed by atoms with Crippen molar-refractivity contribution in [1.29, 1.82) is 0 Å². The molecule has 0 unspecified atom stereocenters. The average Bonchev–Trinajstić information content (AvgIpc) is 2.88. The summed E-state index contributed by atoms with van der Waals surface area (Å²) in [5.41, 5.74) is 3.40. The molecule has 39 heavy (non-hydrogen) atoms. The highest BCUT2D eigenvalue weighted by molar-refractivity contribution is 7.92. The van der Waals surface area contributed by atoms with Crippen molar-refractivity contribution in [1.82, 2.24) is 10.2 Å². The lowest BCUT2D eigenvalue weighted by Crippen LogP contribution is -2.51. The van der Waals surface area contributed by atoms with Crippen LogP contribution in [0, 0.1) is 20.8 Å². The quantitative estimate of drug-likeness (QED) is 0.330. The third-order valence-electron chi connectivity index (χ3n) is 6.40. The number of hydrogen-bond donors (Lipinski definition) is 1. The van der Waals surface area contributed by atoms with E-state index in [0.29, 0.717) is 33.4 Å². The van der Waals surface area contributed by atoms with E-state index in [1.165, 1.54) is 17.0 Å². The van der Waals surface area contributed by atoms with Gasteiger partial charge in [0.1, 0.15) is 12.6 Å². The molecule has 1 N–H and O–H groups in total. The number of carbonyl (C=O) groups excluding carboxylic acids is 2. The van der Waals surface area contributed by atoms with Crippen molar-refractivity contribution >= 4 is 50.7 Å². The molecule has 0 spiro atoms. The predicted octanol–water partition coefficient (Wildman–Crippen LogP) is 5.67. The summed E-state index contributed by atoms with van der Waals surface area (Å²) in [5.74, 6) is -0.924. The van der Waals surface area contributed by atoms with Gasteiger partial charge in [-0.1, -0.05) is 59.1 Å². The summed E-state index contributed by atoms with van der Waals surface area (Å²) in [5, 5.41) is 3.50. The molecule has 0 aliphatic heterocycles. The Morgan fingerprint density at radius 3 is 2.18 bits per heavy atom. The highest BCUT2D eigenvalue weighted by atomic mass is 35.5. The van der Waals surface area contributed by atoms with Gasteiger partial charge in [-0.25, -0.2) is 8.42 Å². The second kappa shape index (κ2) is 12.9. The zero-order valence-corrected chi connectivity index (χ0v) is 25.0. The fourth-order valence-electron chi connectivity index (χ4n) is 4.08. The van der Waals surface area contributed by atoms with Gasteiger partial charge in [0.05, 0.1) is 10.6 Å². The molecular weight excluding hydrogens is 557 g/mol. The lowest BCUT2D eigenvalue weighted by Gasteiger charge is -2.32. The molecule has 3 aromatic rings. The molecule has 7 nitrogen and oxygen atoms in total. The van der Waals surface area contributed by atoms with E-state index < -0.39 is 28.5 Å². The smallest absolute Gasteiger partial charge is 0.264 e. The van der Waals surface area contributed by atoms with Crippen LogP contribution in [0.1, 0.15) is 36.1 Å². The standard InChI is InChI=1S/C29H33Cl2N3O4S/c1-6-32-29(36)22(5)33(17-23-11-12-24(30)16-26(23)31)28(35)18-34(27-15-20(3)7-10-21(27)4)39(37,38)25-13-8-19(2)9-14-25/h7-16,22H,6,17-18H2,1-5H3,(H,32,36)/t22-/m1/s1. The minimum Gasteiger partial charge on any atom is -0.355 e. The van der Waals surface area contributed by atoms with Crippen LogP contribution in [0.4, 0.5) is 5.69 Å². The summed E-state index contributed by atoms with van der Waals surface area (Å²) in [6.45, 7) is 8.74. The number of halogens is 2. The van der Waals surface area contributed by atoms with Gasteiger partial charge in [-0.05, 0) is 81.6 Å². The van der Waals surface area contributed by atoms with Crippen LogP contribution in [0.2, 0.25) is 10.0 Å². The van der Waals surface area contributed by atoms with Crippen molar-refractivity contribution in [2.75, 3.05) is 17.4 Å². The Morgan fingerprint density at radius 1 is 0.923 bits per heavy atom. The zero-order valence-electron chi connectivity index (χ0n) is 22.7. The average molecular weight is 591 g/mol. The van der Waals surface area contributed by atoms with E-state index >= 15 is 0 Å². The van der Waals surface area contributed by atoms with Crippen molar-refractivity contribution in [3.05, 3.63) is 93.0 Å². The maximum absolute atomic E-state index is 14.0. The van der Waals surface area contributed by atoms with E-state index in [-0.39, 0.29) is 17.3 Å². The summed E-state index contributed by atoms with van der Waals surface area (Å²) in [6, 6.07) is 15.9. The van der Waals surface area contributed by atoms with Crippen LogP contribution >= 0.6 is 23.2 Å². The number of anilines is 1. The van der Waals surface area contributed by atoms with Gasteiger partial charge in [0.15, 0.2) is 0 Å². The Kier molecular flexibility index (Phi) is 10.0. The summed E-state index contributed by atoms with van der Waals surface area (Å²) in [6.07, 6.45) is 0. The van der Waals surface area contributed by atoms with Gasteiger partial charge in [0.25, 0.3) is 10.0 Å². The van der Waals surface area contributed by atoms with Crippen LogP contribution in [0.25, 0.3) is 0 Å². The fraction of sp³-hybridized carbons (Fsp3) is 0.310. The van der Waals surface area contributed by atoms with Crippen LogP contribution in [-0.2, 0) is 26.2 Å². The molecule has 0 aliphatic rings.